The van der Waals surface area contributed by atoms with Crippen molar-refractivity contribution in [2.24, 2.45) is 0 Å². The maximum Gasteiger partial charge on any atom is 0.446 e. The maximum atomic E-state index is 12.3. The molecule has 0 heterocycles. The zero-order chi connectivity index (χ0) is 16.9. The molecule has 0 saturated carbocycles. The van der Waals surface area contributed by atoms with Crippen LogP contribution < -0.4 is 10.1 Å². The van der Waals surface area contributed by atoms with E-state index in [0.717, 1.165) is 0 Å². The SMILES string of the molecule is CCOc1ccccc1NC(=O)c1ccc(SC(F)(F)F)cc1. The fourth-order valence-electron chi connectivity index (χ4n) is 1.85. The number of anilines is 1. The second-order valence-electron chi connectivity index (χ2n) is 4.46. The molecule has 0 aliphatic heterocycles. The van der Waals surface area contributed by atoms with Crippen molar-refractivity contribution in [2.75, 3.05) is 11.9 Å². The molecule has 23 heavy (non-hydrogen) atoms. The Bertz CT molecular complexity index is 672. The van der Waals surface area contributed by atoms with E-state index < -0.39 is 11.4 Å². The molecule has 0 radical (unpaired) electrons. The molecule has 2 aromatic rings. The summed E-state index contributed by atoms with van der Waals surface area (Å²) in [4.78, 5) is 12.2. The molecule has 2 rings (SSSR count). The number of ether oxygens (including phenoxy) is 1. The monoisotopic (exact) mass is 341 g/mol. The summed E-state index contributed by atoms with van der Waals surface area (Å²) in [5.74, 6) is 0.119. The number of halogens is 3. The van der Waals surface area contributed by atoms with Gasteiger partial charge in [0.15, 0.2) is 0 Å². The molecule has 0 aromatic heterocycles. The quantitative estimate of drug-likeness (QED) is 0.782. The molecule has 1 N–H and O–H groups in total. The van der Waals surface area contributed by atoms with Gasteiger partial charge in [0.2, 0.25) is 0 Å². The lowest BCUT2D eigenvalue weighted by Crippen LogP contribution is -2.13. The van der Waals surface area contributed by atoms with E-state index >= 15 is 0 Å². The Hall–Kier alpha value is -2.15. The van der Waals surface area contributed by atoms with Crippen LogP contribution in [0.1, 0.15) is 17.3 Å². The summed E-state index contributed by atoms with van der Waals surface area (Å²) >= 11 is -0.218. The van der Waals surface area contributed by atoms with Crippen molar-refractivity contribution in [1.29, 1.82) is 0 Å². The Labute approximate surface area is 135 Å². The highest BCUT2D eigenvalue weighted by Gasteiger charge is 2.29. The Balaban J connectivity index is 2.09. The largest absolute Gasteiger partial charge is 0.492 e. The van der Waals surface area contributed by atoms with Crippen molar-refractivity contribution < 1.29 is 22.7 Å². The molecule has 0 spiro atoms. The van der Waals surface area contributed by atoms with E-state index in [9.17, 15) is 18.0 Å². The minimum absolute atomic E-state index is 0.0313. The van der Waals surface area contributed by atoms with Crippen LogP contribution in [0.3, 0.4) is 0 Å². The minimum Gasteiger partial charge on any atom is -0.492 e. The van der Waals surface area contributed by atoms with Crippen molar-refractivity contribution >= 4 is 23.4 Å². The van der Waals surface area contributed by atoms with E-state index in [1.807, 2.05) is 6.92 Å². The number of nitrogens with one attached hydrogen (secondary N) is 1. The third kappa shape index (κ3) is 5.21. The molecule has 0 bridgehead atoms. The highest BCUT2D eigenvalue weighted by molar-refractivity contribution is 8.00. The standard InChI is InChI=1S/C16H14F3NO2S/c1-2-22-14-6-4-3-5-13(14)20-15(21)11-7-9-12(10-8-11)23-16(17,18)19/h3-10H,2H2,1H3,(H,20,21). The van der Waals surface area contributed by atoms with Crippen LogP contribution in [0.5, 0.6) is 5.75 Å². The molecule has 3 nitrogen and oxygen atoms in total. The molecule has 0 saturated heterocycles. The molecule has 0 atom stereocenters. The van der Waals surface area contributed by atoms with E-state index in [1.165, 1.54) is 24.3 Å². The number of thioether (sulfide) groups is 1. The lowest BCUT2D eigenvalue weighted by molar-refractivity contribution is -0.0328. The zero-order valence-electron chi connectivity index (χ0n) is 12.2. The summed E-state index contributed by atoms with van der Waals surface area (Å²) in [5.41, 5.74) is -3.57. The van der Waals surface area contributed by atoms with E-state index in [1.54, 1.807) is 24.3 Å². The smallest absolute Gasteiger partial charge is 0.446 e. The molecule has 0 aliphatic rings. The number of hydrogen-bond acceptors (Lipinski definition) is 3. The molecule has 0 fully saturated rings. The van der Waals surface area contributed by atoms with Gasteiger partial charge in [-0.1, -0.05) is 12.1 Å². The third-order valence-electron chi connectivity index (χ3n) is 2.79. The van der Waals surface area contributed by atoms with E-state index in [0.29, 0.717) is 18.0 Å². The number of carbonyl (C=O) groups excluding carboxylic acids is 1. The number of para-hydroxylation sites is 2. The number of hydrogen-bond donors (Lipinski definition) is 1. The first-order valence-electron chi connectivity index (χ1n) is 6.78. The number of alkyl halides is 3. The fraction of sp³-hybridized carbons (Fsp3) is 0.188. The van der Waals surface area contributed by atoms with Gasteiger partial charge in [0.05, 0.1) is 12.3 Å². The molecule has 0 aliphatic carbocycles. The second kappa shape index (κ2) is 7.41. The first kappa shape index (κ1) is 17.2. The number of amides is 1. The predicted molar refractivity (Wildman–Crippen MR) is 83.9 cm³/mol. The van der Waals surface area contributed by atoms with Crippen molar-refractivity contribution in [3.8, 4) is 5.75 Å². The summed E-state index contributed by atoms with van der Waals surface area (Å²) < 4.78 is 42.2. The van der Waals surface area contributed by atoms with Gasteiger partial charge in [-0.2, -0.15) is 13.2 Å². The van der Waals surface area contributed by atoms with Crippen LogP contribution in [0, 0.1) is 0 Å². The van der Waals surface area contributed by atoms with Crippen molar-refractivity contribution in [1.82, 2.24) is 0 Å². The lowest BCUT2D eigenvalue weighted by Gasteiger charge is -2.11. The van der Waals surface area contributed by atoms with Gasteiger partial charge in [0.1, 0.15) is 5.75 Å². The molecule has 1 amide bonds. The van der Waals surface area contributed by atoms with Gasteiger partial charge in [0.25, 0.3) is 5.91 Å². The highest BCUT2D eigenvalue weighted by atomic mass is 32.2. The maximum absolute atomic E-state index is 12.3. The average Bonchev–Trinajstić information content (AvgIpc) is 2.48. The molecular weight excluding hydrogens is 327 g/mol. The third-order valence-corrected chi connectivity index (χ3v) is 3.52. The molecule has 2 aromatic carbocycles. The molecular formula is C16H14F3NO2S. The summed E-state index contributed by atoms with van der Waals surface area (Å²) in [6, 6.07) is 12.2. The van der Waals surface area contributed by atoms with Gasteiger partial charge >= 0.3 is 5.51 Å². The minimum atomic E-state index is -4.35. The number of rotatable bonds is 5. The van der Waals surface area contributed by atoms with Gasteiger partial charge in [-0.25, -0.2) is 0 Å². The van der Waals surface area contributed by atoms with Crippen LogP contribution in [0.15, 0.2) is 53.4 Å². The summed E-state index contributed by atoms with van der Waals surface area (Å²) in [6.45, 7) is 2.28. The zero-order valence-corrected chi connectivity index (χ0v) is 13.0. The van der Waals surface area contributed by atoms with Crippen molar-refractivity contribution in [2.45, 2.75) is 17.3 Å². The van der Waals surface area contributed by atoms with Gasteiger partial charge in [-0.15, -0.1) is 0 Å². The van der Waals surface area contributed by atoms with Gasteiger partial charge in [0, 0.05) is 10.5 Å². The molecule has 122 valence electrons. The van der Waals surface area contributed by atoms with Crippen LogP contribution in [0.25, 0.3) is 0 Å². The van der Waals surface area contributed by atoms with E-state index in [4.69, 9.17) is 4.74 Å². The van der Waals surface area contributed by atoms with Crippen LogP contribution in [0.4, 0.5) is 18.9 Å². The Morgan fingerprint density at radius 3 is 2.39 bits per heavy atom. The normalized spacial score (nSPS) is 11.1. The van der Waals surface area contributed by atoms with Gasteiger partial charge in [-0.05, 0) is 55.1 Å². The predicted octanol–water partition coefficient (Wildman–Crippen LogP) is 4.95. The average molecular weight is 341 g/mol. The van der Waals surface area contributed by atoms with Gasteiger partial charge < -0.3 is 10.1 Å². The summed E-state index contributed by atoms with van der Waals surface area (Å²) in [5, 5.41) is 2.69. The van der Waals surface area contributed by atoms with E-state index in [2.05, 4.69) is 5.32 Å². The topological polar surface area (TPSA) is 38.3 Å². The molecule has 7 heteroatoms. The van der Waals surface area contributed by atoms with Gasteiger partial charge in [-0.3, -0.25) is 4.79 Å². The van der Waals surface area contributed by atoms with Crippen molar-refractivity contribution in [3.05, 3.63) is 54.1 Å². The van der Waals surface area contributed by atoms with E-state index in [-0.39, 0.29) is 22.2 Å². The number of carbonyl (C=O) groups is 1. The Morgan fingerprint density at radius 1 is 1.13 bits per heavy atom. The highest BCUT2D eigenvalue weighted by Crippen LogP contribution is 2.36. The van der Waals surface area contributed by atoms with Crippen molar-refractivity contribution in [3.63, 3.8) is 0 Å². The Morgan fingerprint density at radius 2 is 1.78 bits per heavy atom. The van der Waals surface area contributed by atoms with Crippen LogP contribution >= 0.6 is 11.8 Å². The summed E-state index contributed by atoms with van der Waals surface area (Å²) in [6.07, 6.45) is 0. The second-order valence-corrected chi connectivity index (χ2v) is 5.59. The van der Waals surface area contributed by atoms with Crippen LogP contribution in [-0.4, -0.2) is 18.0 Å². The van der Waals surface area contributed by atoms with Crippen LogP contribution in [0.2, 0.25) is 0 Å². The van der Waals surface area contributed by atoms with Crippen LogP contribution in [-0.2, 0) is 0 Å². The Kier molecular flexibility index (Phi) is 5.54. The first-order chi connectivity index (χ1) is 10.9. The summed E-state index contributed by atoms with van der Waals surface area (Å²) in [7, 11) is 0. The molecule has 0 unspecified atom stereocenters. The lowest BCUT2D eigenvalue weighted by atomic mass is 10.2. The number of benzene rings is 2. The fourth-order valence-corrected chi connectivity index (χ4v) is 2.39. The first-order valence-corrected chi connectivity index (χ1v) is 7.59.